The molecule has 3 nitrogen and oxygen atoms in total. The second-order valence-electron chi connectivity index (χ2n) is 5.33. The van der Waals surface area contributed by atoms with E-state index in [0.717, 1.165) is 38.8 Å². The first-order chi connectivity index (χ1) is 9.24. The first kappa shape index (κ1) is 14.1. The van der Waals surface area contributed by atoms with Gasteiger partial charge in [0, 0.05) is 19.5 Å². The van der Waals surface area contributed by atoms with Gasteiger partial charge in [-0.2, -0.15) is 0 Å². The highest BCUT2D eigenvalue weighted by molar-refractivity contribution is 5.69. The molecule has 0 unspecified atom stereocenters. The molecule has 0 aliphatic carbocycles. The number of rotatable bonds is 5. The van der Waals surface area contributed by atoms with Crippen molar-refractivity contribution < 1.29 is 9.53 Å². The van der Waals surface area contributed by atoms with Gasteiger partial charge in [-0.15, -0.1) is 0 Å². The fraction of sp³-hybridized carbons (Fsp3) is 0.562. The molecule has 19 heavy (non-hydrogen) atoms. The Bertz CT molecular complexity index is 383. The van der Waals surface area contributed by atoms with Gasteiger partial charge in [0.2, 0.25) is 0 Å². The molecular weight excluding hydrogens is 238 g/mol. The molecule has 1 aromatic rings. The first-order valence-corrected chi connectivity index (χ1v) is 7.16. The van der Waals surface area contributed by atoms with Crippen LogP contribution in [0.1, 0.15) is 31.2 Å². The van der Waals surface area contributed by atoms with Gasteiger partial charge in [0.05, 0.1) is 0 Å². The van der Waals surface area contributed by atoms with Gasteiger partial charge < -0.3 is 9.64 Å². The monoisotopic (exact) mass is 261 g/mol. The fourth-order valence-electron chi connectivity index (χ4n) is 2.43. The van der Waals surface area contributed by atoms with E-state index in [0.29, 0.717) is 6.42 Å². The number of nitrogens with zero attached hydrogens (tertiary/aromatic N) is 1. The number of carbonyl (C=O) groups excluding carboxylic acids is 1. The highest BCUT2D eigenvalue weighted by Gasteiger charge is 2.19. The molecular formula is C16H23NO2. The van der Waals surface area contributed by atoms with E-state index in [2.05, 4.69) is 24.1 Å². The molecule has 0 spiro atoms. The Morgan fingerprint density at radius 2 is 1.95 bits per heavy atom. The van der Waals surface area contributed by atoms with Crippen molar-refractivity contribution in [3.63, 3.8) is 0 Å². The van der Waals surface area contributed by atoms with Gasteiger partial charge in [-0.3, -0.25) is 4.79 Å². The lowest BCUT2D eigenvalue weighted by Gasteiger charge is -2.28. The quantitative estimate of drug-likeness (QED) is 0.763. The number of piperidine rings is 1. The van der Waals surface area contributed by atoms with E-state index in [1.165, 1.54) is 5.56 Å². The van der Waals surface area contributed by atoms with Crippen LogP contribution >= 0.6 is 0 Å². The summed E-state index contributed by atoms with van der Waals surface area (Å²) in [5.41, 5.74) is 1.29. The van der Waals surface area contributed by atoms with Crippen molar-refractivity contribution >= 4 is 5.97 Å². The molecule has 1 aliphatic rings. The van der Waals surface area contributed by atoms with E-state index in [4.69, 9.17) is 4.74 Å². The van der Waals surface area contributed by atoms with Crippen molar-refractivity contribution in [2.45, 2.75) is 38.2 Å². The van der Waals surface area contributed by atoms with Crippen LogP contribution in [0, 0.1) is 0 Å². The van der Waals surface area contributed by atoms with E-state index < -0.39 is 0 Å². The van der Waals surface area contributed by atoms with Crippen LogP contribution in [0.2, 0.25) is 0 Å². The van der Waals surface area contributed by atoms with Crippen LogP contribution in [-0.2, 0) is 16.0 Å². The molecule has 0 amide bonds. The maximum atomic E-state index is 11.7. The molecule has 1 aromatic carbocycles. The third kappa shape index (κ3) is 5.03. The smallest absolute Gasteiger partial charge is 0.306 e. The van der Waals surface area contributed by atoms with Crippen LogP contribution in [0.3, 0.4) is 0 Å². The Kier molecular flexibility index (Phi) is 5.40. The molecule has 1 saturated heterocycles. The molecule has 1 aliphatic heterocycles. The van der Waals surface area contributed by atoms with Crippen molar-refractivity contribution in [3.8, 4) is 0 Å². The lowest BCUT2D eigenvalue weighted by Crippen LogP contribution is -2.35. The van der Waals surface area contributed by atoms with E-state index in [-0.39, 0.29) is 12.1 Å². The molecule has 3 heteroatoms. The van der Waals surface area contributed by atoms with Gasteiger partial charge in [-0.05, 0) is 38.3 Å². The third-order valence-corrected chi connectivity index (χ3v) is 3.65. The van der Waals surface area contributed by atoms with Gasteiger partial charge in [0.1, 0.15) is 6.10 Å². The number of likely N-dealkylation sites (tertiary alicyclic amines) is 1. The highest BCUT2D eigenvalue weighted by Crippen LogP contribution is 2.14. The average Bonchev–Trinajstić information content (AvgIpc) is 2.43. The van der Waals surface area contributed by atoms with E-state index in [9.17, 15) is 4.79 Å². The second kappa shape index (κ2) is 7.29. The van der Waals surface area contributed by atoms with E-state index in [1.807, 2.05) is 18.2 Å². The minimum atomic E-state index is -0.0366. The molecule has 1 fully saturated rings. The summed E-state index contributed by atoms with van der Waals surface area (Å²) in [7, 11) is 2.11. The molecule has 2 rings (SSSR count). The molecule has 1 heterocycles. The predicted molar refractivity (Wildman–Crippen MR) is 76.0 cm³/mol. The Hall–Kier alpha value is -1.35. The Morgan fingerprint density at radius 1 is 1.26 bits per heavy atom. The minimum Gasteiger partial charge on any atom is -0.462 e. The Labute approximate surface area is 115 Å². The number of hydrogen-bond acceptors (Lipinski definition) is 3. The maximum absolute atomic E-state index is 11.7. The van der Waals surface area contributed by atoms with Crippen LogP contribution in [0.25, 0.3) is 0 Å². The maximum Gasteiger partial charge on any atom is 0.306 e. The number of carbonyl (C=O) groups is 1. The second-order valence-corrected chi connectivity index (χ2v) is 5.33. The van der Waals surface area contributed by atoms with Crippen molar-refractivity contribution in [1.29, 1.82) is 0 Å². The number of aryl methyl sites for hydroxylation is 1. The van der Waals surface area contributed by atoms with Crippen LogP contribution in [0.15, 0.2) is 30.3 Å². The zero-order valence-electron chi connectivity index (χ0n) is 11.7. The molecule has 0 atom stereocenters. The molecule has 0 saturated carbocycles. The fourth-order valence-corrected chi connectivity index (χ4v) is 2.43. The van der Waals surface area contributed by atoms with E-state index in [1.54, 1.807) is 0 Å². The summed E-state index contributed by atoms with van der Waals surface area (Å²) >= 11 is 0. The summed E-state index contributed by atoms with van der Waals surface area (Å²) in [6, 6.07) is 10.3. The van der Waals surface area contributed by atoms with Crippen LogP contribution in [0.5, 0.6) is 0 Å². The van der Waals surface area contributed by atoms with Crippen molar-refractivity contribution in [2.75, 3.05) is 20.1 Å². The molecule has 0 N–H and O–H groups in total. The predicted octanol–water partition coefficient (Wildman–Crippen LogP) is 2.65. The lowest BCUT2D eigenvalue weighted by molar-refractivity contribution is -0.151. The van der Waals surface area contributed by atoms with Crippen LogP contribution in [-0.4, -0.2) is 37.1 Å². The Balaban J connectivity index is 1.62. The first-order valence-electron chi connectivity index (χ1n) is 7.16. The SMILES string of the molecule is CN1CCC(OC(=O)CCCc2ccccc2)CC1. The van der Waals surface area contributed by atoms with Gasteiger partial charge >= 0.3 is 5.97 Å². The van der Waals surface area contributed by atoms with E-state index >= 15 is 0 Å². The summed E-state index contributed by atoms with van der Waals surface area (Å²) in [4.78, 5) is 14.0. The molecule has 0 radical (unpaired) electrons. The molecule has 0 bridgehead atoms. The molecule has 104 valence electrons. The zero-order valence-corrected chi connectivity index (χ0v) is 11.7. The van der Waals surface area contributed by atoms with Crippen molar-refractivity contribution in [3.05, 3.63) is 35.9 Å². The normalized spacial score (nSPS) is 17.3. The zero-order chi connectivity index (χ0) is 13.5. The van der Waals surface area contributed by atoms with Crippen molar-refractivity contribution in [2.24, 2.45) is 0 Å². The van der Waals surface area contributed by atoms with Gasteiger partial charge in [0.15, 0.2) is 0 Å². The lowest BCUT2D eigenvalue weighted by atomic mass is 10.1. The minimum absolute atomic E-state index is 0.0366. The van der Waals surface area contributed by atoms with Gasteiger partial charge in [-0.25, -0.2) is 0 Å². The summed E-state index contributed by atoms with van der Waals surface area (Å²) in [5, 5.41) is 0. The summed E-state index contributed by atoms with van der Waals surface area (Å²) in [6.07, 6.45) is 4.43. The number of benzene rings is 1. The average molecular weight is 261 g/mol. The van der Waals surface area contributed by atoms with Crippen molar-refractivity contribution in [1.82, 2.24) is 4.90 Å². The third-order valence-electron chi connectivity index (χ3n) is 3.65. The summed E-state index contributed by atoms with van der Waals surface area (Å²) in [6.45, 7) is 2.06. The molecule has 0 aromatic heterocycles. The van der Waals surface area contributed by atoms with Gasteiger partial charge in [-0.1, -0.05) is 30.3 Å². The van der Waals surface area contributed by atoms with Crippen LogP contribution < -0.4 is 0 Å². The van der Waals surface area contributed by atoms with Crippen LogP contribution in [0.4, 0.5) is 0 Å². The number of esters is 1. The number of hydrogen-bond donors (Lipinski definition) is 0. The summed E-state index contributed by atoms with van der Waals surface area (Å²) in [5.74, 6) is -0.0366. The highest BCUT2D eigenvalue weighted by atomic mass is 16.5. The number of ether oxygens (including phenoxy) is 1. The summed E-state index contributed by atoms with van der Waals surface area (Å²) < 4.78 is 5.51. The largest absolute Gasteiger partial charge is 0.462 e. The van der Waals surface area contributed by atoms with Gasteiger partial charge in [0.25, 0.3) is 0 Å². The standard InChI is InChI=1S/C16H23NO2/c1-17-12-10-15(11-13-17)19-16(18)9-5-8-14-6-3-2-4-7-14/h2-4,6-7,15H,5,8-13H2,1H3. The Morgan fingerprint density at radius 3 is 2.63 bits per heavy atom. The topological polar surface area (TPSA) is 29.5 Å².